The van der Waals surface area contributed by atoms with E-state index < -0.39 is 0 Å². The van der Waals surface area contributed by atoms with Crippen molar-refractivity contribution in [2.24, 2.45) is 7.05 Å². The van der Waals surface area contributed by atoms with E-state index in [4.69, 9.17) is 6.57 Å². The highest BCUT2D eigenvalue weighted by atomic mass is 15.0. The van der Waals surface area contributed by atoms with E-state index in [2.05, 4.69) is 87.8 Å². The Labute approximate surface area is 167 Å². The Hall–Kier alpha value is -4.03. The van der Waals surface area contributed by atoms with E-state index >= 15 is 0 Å². The first-order valence-corrected chi connectivity index (χ1v) is 9.65. The van der Waals surface area contributed by atoms with Crippen molar-refractivity contribution in [3.8, 4) is 5.69 Å². The van der Waals surface area contributed by atoms with Gasteiger partial charge in [0.2, 0.25) is 0 Å². The van der Waals surface area contributed by atoms with Crippen LogP contribution >= 0.6 is 0 Å². The zero-order valence-electron chi connectivity index (χ0n) is 15.9. The van der Waals surface area contributed by atoms with Crippen molar-refractivity contribution in [3.05, 3.63) is 96.3 Å². The largest absolute Gasteiger partial charge is 0.344 e. The van der Waals surface area contributed by atoms with Crippen LogP contribution in [-0.2, 0) is 7.05 Å². The first-order chi connectivity index (χ1) is 14.3. The lowest BCUT2D eigenvalue weighted by atomic mass is 10.1. The maximum absolute atomic E-state index is 7.63. The molecule has 136 valence electrons. The van der Waals surface area contributed by atoms with E-state index in [1.807, 2.05) is 18.2 Å². The maximum Gasteiger partial charge on any atom is 0.197 e. The Morgan fingerprint density at radius 2 is 1.34 bits per heavy atom. The molecule has 29 heavy (non-hydrogen) atoms. The van der Waals surface area contributed by atoms with Crippen molar-refractivity contribution in [2.45, 2.75) is 0 Å². The lowest BCUT2D eigenvalue weighted by Crippen LogP contribution is -1.94. The summed E-state index contributed by atoms with van der Waals surface area (Å²) in [7, 11) is 2.12. The molecule has 0 aliphatic rings. The molecular formula is C26H17N3. The summed E-state index contributed by atoms with van der Waals surface area (Å²) in [6.07, 6.45) is 0. The number of fused-ring (bicyclic) bond motifs is 6. The number of aryl methyl sites for hydroxylation is 1. The second-order valence-corrected chi connectivity index (χ2v) is 7.41. The van der Waals surface area contributed by atoms with Crippen molar-refractivity contribution in [3.63, 3.8) is 0 Å². The number of benzene rings is 4. The van der Waals surface area contributed by atoms with Gasteiger partial charge >= 0.3 is 0 Å². The quantitative estimate of drug-likeness (QED) is 0.277. The molecule has 0 N–H and O–H groups in total. The Morgan fingerprint density at radius 1 is 0.655 bits per heavy atom. The number of hydrogen-bond acceptors (Lipinski definition) is 0. The van der Waals surface area contributed by atoms with Gasteiger partial charge in [0.1, 0.15) is 0 Å². The van der Waals surface area contributed by atoms with E-state index in [0.29, 0.717) is 5.69 Å². The SMILES string of the molecule is [C-]#[N+]c1cccc2c1c1ccccc1n2-c1ccc2c3ccccc3n(C)c2c1. The Morgan fingerprint density at radius 3 is 2.17 bits per heavy atom. The minimum Gasteiger partial charge on any atom is -0.344 e. The first kappa shape index (κ1) is 16.0. The van der Waals surface area contributed by atoms with Gasteiger partial charge in [-0.2, -0.15) is 0 Å². The van der Waals surface area contributed by atoms with Crippen LogP contribution in [0, 0.1) is 6.57 Å². The average Bonchev–Trinajstić information content (AvgIpc) is 3.26. The molecule has 0 saturated carbocycles. The van der Waals surface area contributed by atoms with Crippen LogP contribution in [0.5, 0.6) is 0 Å². The Bertz CT molecular complexity index is 1620. The fraction of sp³-hybridized carbons (Fsp3) is 0.0385. The standard InChI is InChI=1S/C26H17N3/c1-27-21-10-7-13-24-26(21)20-9-4-6-12-23(20)29(24)17-14-15-19-18-8-3-5-11-22(18)28(2)25(19)16-17/h3-16H,2H3. The molecule has 0 atom stereocenters. The summed E-state index contributed by atoms with van der Waals surface area (Å²) in [6.45, 7) is 7.63. The molecule has 0 unspecified atom stereocenters. The van der Waals surface area contributed by atoms with E-state index in [-0.39, 0.29) is 0 Å². The molecule has 0 spiro atoms. The molecule has 3 nitrogen and oxygen atoms in total. The van der Waals surface area contributed by atoms with Gasteiger partial charge in [-0.1, -0.05) is 54.6 Å². The summed E-state index contributed by atoms with van der Waals surface area (Å²) >= 11 is 0. The highest BCUT2D eigenvalue weighted by Crippen LogP contribution is 2.38. The monoisotopic (exact) mass is 371 g/mol. The van der Waals surface area contributed by atoms with Gasteiger partial charge in [0.15, 0.2) is 5.69 Å². The van der Waals surface area contributed by atoms with E-state index in [0.717, 1.165) is 27.5 Å². The Balaban J connectivity index is 1.76. The molecule has 0 radical (unpaired) electrons. The minimum atomic E-state index is 0.697. The molecule has 6 aromatic rings. The van der Waals surface area contributed by atoms with Gasteiger partial charge in [-0.25, -0.2) is 4.85 Å². The van der Waals surface area contributed by atoms with Gasteiger partial charge in [-0.05, 0) is 35.7 Å². The minimum absolute atomic E-state index is 0.697. The molecule has 0 aliphatic carbocycles. The van der Waals surface area contributed by atoms with Crippen LogP contribution in [0.2, 0.25) is 0 Å². The summed E-state index contributed by atoms with van der Waals surface area (Å²) in [5, 5.41) is 4.67. The third-order valence-corrected chi connectivity index (χ3v) is 5.95. The van der Waals surface area contributed by atoms with Crippen LogP contribution in [0.15, 0.2) is 84.9 Å². The number of hydrogen-bond donors (Lipinski definition) is 0. The first-order valence-electron chi connectivity index (χ1n) is 9.65. The van der Waals surface area contributed by atoms with Gasteiger partial charge in [-0.15, -0.1) is 0 Å². The summed E-state index contributed by atoms with van der Waals surface area (Å²) in [4.78, 5) is 3.78. The van der Waals surface area contributed by atoms with Crippen molar-refractivity contribution in [1.82, 2.24) is 9.13 Å². The van der Waals surface area contributed by atoms with E-state index in [1.54, 1.807) is 0 Å². The van der Waals surface area contributed by atoms with Gasteiger partial charge < -0.3 is 9.13 Å². The number of aromatic nitrogens is 2. The zero-order valence-corrected chi connectivity index (χ0v) is 15.9. The van der Waals surface area contributed by atoms with Crippen LogP contribution in [0.4, 0.5) is 5.69 Å². The maximum atomic E-state index is 7.63. The fourth-order valence-electron chi connectivity index (χ4n) is 4.66. The van der Waals surface area contributed by atoms with Crippen molar-refractivity contribution >= 4 is 49.3 Å². The molecule has 2 heterocycles. The second-order valence-electron chi connectivity index (χ2n) is 7.41. The van der Waals surface area contributed by atoms with Gasteiger partial charge in [0.25, 0.3) is 0 Å². The average molecular weight is 371 g/mol. The molecule has 0 aliphatic heterocycles. The zero-order chi connectivity index (χ0) is 19.5. The highest BCUT2D eigenvalue weighted by molar-refractivity contribution is 6.15. The number of para-hydroxylation sites is 2. The third-order valence-electron chi connectivity index (χ3n) is 5.95. The van der Waals surface area contributed by atoms with E-state index in [9.17, 15) is 0 Å². The molecular weight excluding hydrogens is 354 g/mol. The van der Waals surface area contributed by atoms with Gasteiger partial charge in [0, 0.05) is 39.9 Å². The smallest absolute Gasteiger partial charge is 0.197 e. The number of rotatable bonds is 1. The fourth-order valence-corrected chi connectivity index (χ4v) is 4.66. The Kier molecular flexibility index (Phi) is 3.16. The van der Waals surface area contributed by atoms with Crippen LogP contribution in [-0.4, -0.2) is 9.13 Å². The van der Waals surface area contributed by atoms with Crippen LogP contribution in [0.1, 0.15) is 0 Å². The molecule has 3 heteroatoms. The predicted octanol–water partition coefficient (Wildman–Crippen LogP) is 6.98. The van der Waals surface area contributed by atoms with Gasteiger partial charge in [-0.3, -0.25) is 0 Å². The molecule has 0 saturated heterocycles. The summed E-state index contributed by atoms with van der Waals surface area (Å²) in [5.74, 6) is 0. The topological polar surface area (TPSA) is 14.2 Å². The van der Waals surface area contributed by atoms with E-state index in [1.165, 1.54) is 21.8 Å². The molecule has 6 rings (SSSR count). The molecule has 2 aromatic heterocycles. The summed E-state index contributed by atoms with van der Waals surface area (Å²) < 4.78 is 4.53. The lowest BCUT2D eigenvalue weighted by Gasteiger charge is -2.09. The van der Waals surface area contributed by atoms with Crippen LogP contribution < -0.4 is 0 Å². The van der Waals surface area contributed by atoms with Crippen LogP contribution in [0.25, 0.3) is 54.1 Å². The highest BCUT2D eigenvalue weighted by Gasteiger charge is 2.16. The predicted molar refractivity (Wildman–Crippen MR) is 121 cm³/mol. The second kappa shape index (κ2) is 5.73. The van der Waals surface area contributed by atoms with Crippen molar-refractivity contribution in [1.29, 1.82) is 0 Å². The normalized spacial score (nSPS) is 11.6. The van der Waals surface area contributed by atoms with Gasteiger partial charge in [0.05, 0.1) is 17.6 Å². The third kappa shape index (κ3) is 2.06. The van der Waals surface area contributed by atoms with Crippen molar-refractivity contribution in [2.75, 3.05) is 0 Å². The molecule has 0 bridgehead atoms. The molecule has 4 aromatic carbocycles. The lowest BCUT2D eigenvalue weighted by molar-refractivity contribution is 1.01. The van der Waals surface area contributed by atoms with Crippen LogP contribution in [0.3, 0.4) is 0 Å². The molecule has 0 fully saturated rings. The summed E-state index contributed by atoms with van der Waals surface area (Å²) in [6, 6.07) is 29.5. The summed E-state index contributed by atoms with van der Waals surface area (Å²) in [5.41, 5.74) is 6.43. The molecule has 0 amide bonds. The van der Waals surface area contributed by atoms with Crippen molar-refractivity contribution < 1.29 is 0 Å². The number of nitrogens with zero attached hydrogens (tertiary/aromatic N) is 3.